The van der Waals surface area contributed by atoms with Crippen LogP contribution in [-0.4, -0.2) is 26.4 Å². The lowest BCUT2D eigenvalue weighted by Gasteiger charge is -2.25. The van der Waals surface area contributed by atoms with E-state index in [1.807, 2.05) is 12.1 Å². The van der Waals surface area contributed by atoms with Crippen LogP contribution in [0.25, 0.3) is 5.65 Å². The highest BCUT2D eigenvalue weighted by Crippen LogP contribution is 2.27. The Morgan fingerprint density at radius 3 is 3.05 bits per heavy atom. The molecule has 0 fully saturated rings. The Balaban J connectivity index is 1.90. The molecule has 2 aromatic heterocycles. The van der Waals surface area contributed by atoms with Crippen LogP contribution in [0, 0.1) is 0 Å². The maximum Gasteiger partial charge on any atom is 0.177 e. The van der Waals surface area contributed by atoms with E-state index in [2.05, 4.69) is 44.9 Å². The van der Waals surface area contributed by atoms with Crippen LogP contribution in [0.1, 0.15) is 23.0 Å². The molecule has 4 rings (SSSR count). The summed E-state index contributed by atoms with van der Waals surface area (Å²) in [5.41, 5.74) is 3.43. The fraction of sp³-hybridized carbons (Fsp3) is 0.214. The molecule has 1 aromatic carbocycles. The summed E-state index contributed by atoms with van der Waals surface area (Å²) in [6.07, 6.45) is 2.81. The van der Waals surface area contributed by atoms with Gasteiger partial charge in [-0.3, -0.25) is 0 Å². The fourth-order valence-electron chi connectivity index (χ4n) is 2.68. The van der Waals surface area contributed by atoms with Crippen LogP contribution in [0.15, 0.2) is 42.6 Å². The number of benzene rings is 1. The van der Waals surface area contributed by atoms with Crippen LogP contribution in [0.2, 0.25) is 0 Å². The molecule has 0 amide bonds. The molecule has 0 spiro atoms. The Kier molecular flexibility index (Phi) is 2.31. The topological polar surface area (TPSA) is 55.1 Å². The summed E-state index contributed by atoms with van der Waals surface area (Å²) < 4.78 is 1.81. The zero-order chi connectivity index (χ0) is 12.7. The monoisotopic (exact) mass is 251 g/mol. The SMILES string of the molecule is c1ccc2c(c1)CCNC2c1nnc2cccnn12. The van der Waals surface area contributed by atoms with E-state index < -0.39 is 0 Å². The van der Waals surface area contributed by atoms with Crippen molar-refractivity contribution in [1.29, 1.82) is 0 Å². The van der Waals surface area contributed by atoms with E-state index in [-0.39, 0.29) is 6.04 Å². The third-order valence-electron chi connectivity index (χ3n) is 3.57. The maximum absolute atomic E-state index is 4.34. The standard InChI is InChI=1S/C14H13N5/c1-2-5-11-10(4-1)7-9-15-13(11)14-18-17-12-6-3-8-16-19(12)14/h1-6,8,13,15H,7,9H2. The Morgan fingerprint density at radius 2 is 2.05 bits per heavy atom. The van der Waals surface area contributed by atoms with E-state index in [1.54, 1.807) is 10.7 Å². The Morgan fingerprint density at radius 1 is 1.11 bits per heavy atom. The van der Waals surface area contributed by atoms with Crippen molar-refractivity contribution in [2.45, 2.75) is 12.5 Å². The highest BCUT2D eigenvalue weighted by atomic mass is 15.4. The quantitative estimate of drug-likeness (QED) is 0.709. The third-order valence-corrected chi connectivity index (χ3v) is 3.57. The molecule has 5 heteroatoms. The lowest BCUT2D eigenvalue weighted by Crippen LogP contribution is -2.32. The minimum atomic E-state index is 0.0647. The van der Waals surface area contributed by atoms with Crippen LogP contribution in [0.4, 0.5) is 0 Å². The molecule has 19 heavy (non-hydrogen) atoms. The van der Waals surface area contributed by atoms with Crippen LogP contribution in [0.5, 0.6) is 0 Å². The summed E-state index contributed by atoms with van der Waals surface area (Å²) in [6.45, 7) is 0.948. The summed E-state index contributed by atoms with van der Waals surface area (Å²) in [7, 11) is 0. The van der Waals surface area contributed by atoms with E-state index in [0.29, 0.717) is 0 Å². The number of nitrogens with one attached hydrogen (secondary N) is 1. The van der Waals surface area contributed by atoms with E-state index in [9.17, 15) is 0 Å². The molecular weight excluding hydrogens is 238 g/mol. The Bertz CT molecular complexity index is 733. The van der Waals surface area contributed by atoms with Gasteiger partial charge in [0.2, 0.25) is 0 Å². The largest absolute Gasteiger partial charge is 0.303 e. The van der Waals surface area contributed by atoms with Crippen LogP contribution >= 0.6 is 0 Å². The van der Waals surface area contributed by atoms with Gasteiger partial charge < -0.3 is 5.32 Å². The summed E-state index contributed by atoms with van der Waals surface area (Å²) >= 11 is 0. The van der Waals surface area contributed by atoms with Crippen molar-refractivity contribution < 1.29 is 0 Å². The van der Waals surface area contributed by atoms with Crippen molar-refractivity contribution >= 4 is 5.65 Å². The first-order valence-electron chi connectivity index (χ1n) is 6.41. The van der Waals surface area contributed by atoms with Crippen LogP contribution < -0.4 is 5.32 Å². The van der Waals surface area contributed by atoms with Gasteiger partial charge in [0.15, 0.2) is 11.5 Å². The van der Waals surface area contributed by atoms with Gasteiger partial charge in [0, 0.05) is 12.7 Å². The van der Waals surface area contributed by atoms with Crippen molar-refractivity contribution in [3.8, 4) is 0 Å². The molecule has 1 N–H and O–H groups in total. The Labute approximate surface area is 110 Å². The van der Waals surface area contributed by atoms with E-state index in [1.165, 1.54) is 11.1 Å². The second kappa shape index (κ2) is 4.13. The molecule has 1 unspecified atom stereocenters. The zero-order valence-corrected chi connectivity index (χ0v) is 10.3. The van der Waals surface area contributed by atoms with Crippen molar-refractivity contribution in [3.63, 3.8) is 0 Å². The normalized spacial score (nSPS) is 18.4. The van der Waals surface area contributed by atoms with E-state index in [4.69, 9.17) is 0 Å². The van der Waals surface area contributed by atoms with Gasteiger partial charge in [-0.15, -0.1) is 10.2 Å². The number of nitrogens with zero attached hydrogens (tertiary/aromatic N) is 4. The van der Waals surface area contributed by atoms with Gasteiger partial charge in [0.05, 0.1) is 6.04 Å². The first-order valence-corrected chi connectivity index (χ1v) is 6.41. The highest BCUT2D eigenvalue weighted by molar-refractivity contribution is 5.40. The van der Waals surface area contributed by atoms with Crippen molar-refractivity contribution in [1.82, 2.24) is 25.1 Å². The van der Waals surface area contributed by atoms with Crippen molar-refractivity contribution in [2.75, 3.05) is 6.54 Å². The third kappa shape index (κ3) is 1.62. The van der Waals surface area contributed by atoms with Crippen molar-refractivity contribution in [3.05, 3.63) is 59.5 Å². The predicted molar refractivity (Wildman–Crippen MR) is 70.8 cm³/mol. The first kappa shape index (κ1) is 10.6. The predicted octanol–water partition coefficient (Wildman–Crippen LogP) is 1.36. The number of fused-ring (bicyclic) bond motifs is 2. The molecule has 0 saturated carbocycles. The molecule has 3 heterocycles. The van der Waals surface area contributed by atoms with Gasteiger partial charge in [0.1, 0.15) is 0 Å². The summed E-state index contributed by atoms with van der Waals surface area (Å²) in [5, 5.41) is 16.3. The van der Waals surface area contributed by atoms with Gasteiger partial charge in [-0.1, -0.05) is 24.3 Å². The summed E-state index contributed by atoms with van der Waals surface area (Å²) in [6, 6.07) is 12.3. The maximum atomic E-state index is 4.34. The molecular formula is C14H13N5. The lowest BCUT2D eigenvalue weighted by molar-refractivity contribution is 0.532. The first-order chi connectivity index (χ1) is 9.43. The van der Waals surface area contributed by atoms with Crippen LogP contribution in [0.3, 0.4) is 0 Å². The molecule has 0 aliphatic carbocycles. The lowest BCUT2D eigenvalue weighted by atomic mass is 9.94. The minimum Gasteiger partial charge on any atom is -0.303 e. The zero-order valence-electron chi connectivity index (χ0n) is 10.3. The molecule has 0 saturated heterocycles. The summed E-state index contributed by atoms with van der Waals surface area (Å²) in [4.78, 5) is 0. The summed E-state index contributed by atoms with van der Waals surface area (Å²) in [5.74, 6) is 0.850. The number of rotatable bonds is 1. The fourth-order valence-corrected chi connectivity index (χ4v) is 2.68. The number of hydrogen-bond donors (Lipinski definition) is 1. The Hall–Kier alpha value is -2.27. The molecule has 3 aromatic rings. The van der Waals surface area contributed by atoms with Crippen LogP contribution in [-0.2, 0) is 6.42 Å². The van der Waals surface area contributed by atoms with Gasteiger partial charge >= 0.3 is 0 Å². The molecule has 0 radical (unpaired) electrons. The molecule has 1 aliphatic heterocycles. The number of hydrogen-bond acceptors (Lipinski definition) is 4. The molecule has 5 nitrogen and oxygen atoms in total. The van der Waals surface area contributed by atoms with Gasteiger partial charge in [-0.05, 0) is 29.7 Å². The average Bonchev–Trinajstić information content (AvgIpc) is 2.90. The average molecular weight is 251 g/mol. The number of aromatic nitrogens is 4. The molecule has 94 valence electrons. The van der Waals surface area contributed by atoms with E-state index in [0.717, 1.165) is 24.4 Å². The second-order valence-electron chi connectivity index (χ2n) is 4.69. The molecule has 1 atom stereocenters. The minimum absolute atomic E-state index is 0.0647. The van der Waals surface area contributed by atoms with Gasteiger partial charge in [0.25, 0.3) is 0 Å². The smallest absolute Gasteiger partial charge is 0.177 e. The van der Waals surface area contributed by atoms with Gasteiger partial charge in [-0.25, -0.2) is 0 Å². The van der Waals surface area contributed by atoms with Crippen molar-refractivity contribution in [2.24, 2.45) is 0 Å². The molecule has 0 bridgehead atoms. The highest BCUT2D eigenvalue weighted by Gasteiger charge is 2.25. The van der Waals surface area contributed by atoms with Gasteiger partial charge in [-0.2, -0.15) is 9.61 Å². The second-order valence-corrected chi connectivity index (χ2v) is 4.69. The molecule has 1 aliphatic rings. The van der Waals surface area contributed by atoms with E-state index >= 15 is 0 Å².